The second kappa shape index (κ2) is 5.45. The van der Waals surface area contributed by atoms with Crippen molar-refractivity contribution in [2.24, 2.45) is 0 Å². The zero-order chi connectivity index (χ0) is 13.4. The fourth-order valence-electron chi connectivity index (χ4n) is 1.49. The van der Waals surface area contributed by atoms with Gasteiger partial charge in [-0.25, -0.2) is 8.78 Å². The summed E-state index contributed by atoms with van der Waals surface area (Å²) < 4.78 is 28.0. The van der Waals surface area contributed by atoms with Crippen molar-refractivity contribution >= 4 is 50.5 Å². The van der Waals surface area contributed by atoms with E-state index in [4.69, 9.17) is 23.2 Å². The molecule has 6 heteroatoms. The molecule has 1 atom stereocenters. The Morgan fingerprint density at radius 1 is 1.22 bits per heavy atom. The number of hydrogen-bond donors (Lipinski definition) is 0. The quantitative estimate of drug-likeness (QED) is 0.443. The van der Waals surface area contributed by atoms with E-state index in [1.165, 1.54) is 11.3 Å². The molecule has 1 aromatic carbocycles. The van der Waals surface area contributed by atoms with Crippen molar-refractivity contribution in [3.8, 4) is 0 Å². The summed E-state index contributed by atoms with van der Waals surface area (Å²) in [6, 6.07) is 3.83. The Balaban J connectivity index is 2.45. The van der Waals surface area contributed by atoms with E-state index in [0.29, 0.717) is 0 Å². The summed E-state index contributed by atoms with van der Waals surface area (Å²) in [6.07, 6.45) is 0. The Morgan fingerprint density at radius 2 is 1.89 bits per heavy atom. The summed E-state index contributed by atoms with van der Waals surface area (Å²) >= 11 is 16.5. The molecule has 1 unspecified atom stereocenters. The van der Waals surface area contributed by atoms with Gasteiger partial charge in [0.15, 0.2) is 0 Å². The van der Waals surface area contributed by atoms with E-state index in [9.17, 15) is 8.78 Å². The Labute approximate surface area is 126 Å². The van der Waals surface area contributed by atoms with E-state index >= 15 is 0 Å². The van der Waals surface area contributed by atoms with Crippen LogP contribution in [-0.4, -0.2) is 0 Å². The maximum Gasteiger partial charge on any atom is 0.142 e. The first-order valence-electron chi connectivity index (χ1n) is 4.94. The molecule has 2 aromatic rings. The van der Waals surface area contributed by atoms with Gasteiger partial charge in [-0.2, -0.15) is 0 Å². The molecular weight excluding hydrogens is 365 g/mol. The molecule has 0 N–H and O–H groups in total. The van der Waals surface area contributed by atoms with Crippen LogP contribution in [0.15, 0.2) is 22.0 Å². The van der Waals surface area contributed by atoms with Gasteiger partial charge >= 0.3 is 0 Å². The highest BCUT2D eigenvalue weighted by Gasteiger charge is 2.20. The number of rotatable bonds is 2. The molecule has 0 aliphatic rings. The minimum atomic E-state index is -0.730. The Bertz CT molecular complexity index is 579. The summed E-state index contributed by atoms with van der Waals surface area (Å²) in [5.74, 6) is -1.28. The molecule has 18 heavy (non-hydrogen) atoms. The molecule has 0 fully saturated rings. The zero-order valence-electron chi connectivity index (χ0n) is 9.11. The molecular formula is C12H7BrCl2F2S. The van der Waals surface area contributed by atoms with Crippen LogP contribution in [0.4, 0.5) is 8.78 Å². The molecule has 0 saturated carbocycles. The van der Waals surface area contributed by atoms with Crippen molar-refractivity contribution in [3.05, 3.63) is 54.6 Å². The van der Waals surface area contributed by atoms with Gasteiger partial charge in [-0.3, -0.25) is 0 Å². The van der Waals surface area contributed by atoms with Crippen molar-refractivity contribution in [1.82, 2.24) is 0 Å². The molecule has 2 rings (SSSR count). The Hall–Kier alpha value is -0.160. The average Bonchev–Trinajstić information content (AvgIpc) is 2.63. The third-order valence-corrected chi connectivity index (χ3v) is 5.53. The third-order valence-electron chi connectivity index (χ3n) is 2.44. The van der Waals surface area contributed by atoms with Gasteiger partial charge in [-0.05, 0) is 46.6 Å². The smallest absolute Gasteiger partial charge is 0.142 e. The molecule has 0 spiro atoms. The largest absolute Gasteiger partial charge is 0.207 e. The van der Waals surface area contributed by atoms with Crippen LogP contribution >= 0.6 is 50.5 Å². The molecule has 0 nitrogen and oxygen atoms in total. The molecule has 0 radical (unpaired) electrons. The molecule has 0 aliphatic carbocycles. The fraction of sp³-hybridized carbons (Fsp3) is 0.167. The molecule has 1 aromatic heterocycles. The first-order chi connectivity index (χ1) is 8.40. The lowest BCUT2D eigenvalue weighted by molar-refractivity contribution is 0.588. The van der Waals surface area contributed by atoms with Crippen LogP contribution in [-0.2, 0) is 0 Å². The van der Waals surface area contributed by atoms with Gasteiger partial charge in [0.2, 0.25) is 0 Å². The van der Waals surface area contributed by atoms with E-state index in [2.05, 4.69) is 15.9 Å². The summed E-state index contributed by atoms with van der Waals surface area (Å²) in [5, 5.41) is -0.976. The van der Waals surface area contributed by atoms with Crippen LogP contribution in [0.3, 0.4) is 0 Å². The minimum absolute atomic E-state index is 0.0901. The Kier molecular flexibility index (Phi) is 4.32. The summed E-state index contributed by atoms with van der Waals surface area (Å²) in [5.41, 5.74) is 1.10. The van der Waals surface area contributed by atoms with Crippen molar-refractivity contribution in [3.63, 3.8) is 0 Å². The lowest BCUT2D eigenvalue weighted by Gasteiger charge is -2.09. The molecule has 1 heterocycles. The van der Waals surface area contributed by atoms with E-state index in [1.54, 1.807) is 0 Å². The number of alkyl halides is 1. The van der Waals surface area contributed by atoms with Gasteiger partial charge in [-0.15, -0.1) is 22.9 Å². The van der Waals surface area contributed by atoms with Crippen LogP contribution in [0.5, 0.6) is 0 Å². The van der Waals surface area contributed by atoms with Crippen LogP contribution < -0.4 is 0 Å². The van der Waals surface area contributed by atoms with Gasteiger partial charge in [0.1, 0.15) is 11.6 Å². The molecule has 0 saturated heterocycles. The minimum Gasteiger partial charge on any atom is -0.207 e. The van der Waals surface area contributed by atoms with Crippen molar-refractivity contribution in [2.45, 2.75) is 12.3 Å². The fourth-order valence-corrected chi connectivity index (χ4v) is 3.58. The standard InChI is InChI=1S/C12H7BrCl2F2S/c1-5-2-10(18-12(5)13)11(15)6-3-9(17)7(14)4-8(6)16/h2-4,11H,1H3. The predicted molar refractivity (Wildman–Crippen MR) is 75.8 cm³/mol. The first-order valence-corrected chi connectivity index (χ1v) is 7.37. The van der Waals surface area contributed by atoms with Crippen LogP contribution in [0.25, 0.3) is 0 Å². The average molecular weight is 372 g/mol. The van der Waals surface area contributed by atoms with E-state index in [0.717, 1.165) is 26.4 Å². The number of benzene rings is 1. The maximum absolute atomic E-state index is 13.7. The van der Waals surface area contributed by atoms with Crippen molar-refractivity contribution in [2.75, 3.05) is 0 Å². The molecule has 0 amide bonds. The van der Waals surface area contributed by atoms with Gasteiger partial charge in [0.05, 0.1) is 14.2 Å². The highest BCUT2D eigenvalue weighted by Crippen LogP contribution is 2.39. The van der Waals surface area contributed by atoms with Crippen LogP contribution in [0, 0.1) is 18.6 Å². The zero-order valence-corrected chi connectivity index (χ0v) is 13.0. The SMILES string of the molecule is Cc1cc(C(Cl)c2cc(F)c(Cl)cc2F)sc1Br. The normalized spacial score (nSPS) is 12.8. The molecule has 0 bridgehead atoms. The lowest BCUT2D eigenvalue weighted by Crippen LogP contribution is -1.97. The molecule has 96 valence electrons. The van der Waals surface area contributed by atoms with Crippen molar-refractivity contribution in [1.29, 1.82) is 0 Å². The summed E-state index contributed by atoms with van der Waals surface area (Å²) in [6.45, 7) is 1.91. The van der Waals surface area contributed by atoms with E-state index in [1.807, 2.05) is 13.0 Å². The summed E-state index contributed by atoms with van der Waals surface area (Å²) in [4.78, 5) is 0.752. The van der Waals surface area contributed by atoms with Gasteiger partial charge < -0.3 is 0 Å². The first kappa shape index (κ1) is 14.3. The van der Waals surface area contributed by atoms with Gasteiger partial charge in [-0.1, -0.05) is 11.6 Å². The van der Waals surface area contributed by atoms with Crippen molar-refractivity contribution < 1.29 is 8.78 Å². The van der Waals surface area contributed by atoms with Gasteiger partial charge in [0, 0.05) is 10.4 Å². The number of thiophene rings is 1. The summed E-state index contributed by atoms with van der Waals surface area (Å²) in [7, 11) is 0. The highest BCUT2D eigenvalue weighted by molar-refractivity contribution is 9.11. The predicted octanol–water partition coefficient (Wildman–Crippen LogP) is 6.08. The number of hydrogen-bond acceptors (Lipinski definition) is 1. The number of aryl methyl sites for hydroxylation is 1. The van der Waals surface area contributed by atoms with Crippen LogP contribution in [0.1, 0.15) is 21.4 Å². The second-order valence-electron chi connectivity index (χ2n) is 3.76. The van der Waals surface area contributed by atoms with E-state index in [-0.39, 0.29) is 10.6 Å². The molecule has 0 aliphatic heterocycles. The maximum atomic E-state index is 13.7. The lowest BCUT2D eigenvalue weighted by atomic mass is 10.1. The Morgan fingerprint density at radius 3 is 2.44 bits per heavy atom. The topological polar surface area (TPSA) is 0 Å². The third kappa shape index (κ3) is 2.72. The second-order valence-corrected chi connectivity index (χ2v) is 7.00. The van der Waals surface area contributed by atoms with Crippen LogP contribution in [0.2, 0.25) is 5.02 Å². The monoisotopic (exact) mass is 370 g/mol. The van der Waals surface area contributed by atoms with Gasteiger partial charge in [0.25, 0.3) is 0 Å². The number of halogens is 5. The highest BCUT2D eigenvalue weighted by atomic mass is 79.9. The van der Waals surface area contributed by atoms with E-state index < -0.39 is 17.0 Å².